The molecule has 0 fully saturated rings. The molecule has 0 spiro atoms. The first-order chi connectivity index (χ1) is 9.22. The van der Waals surface area contributed by atoms with E-state index in [9.17, 15) is 8.42 Å². The molecule has 1 aromatic carbocycles. The van der Waals surface area contributed by atoms with Crippen LogP contribution in [0.25, 0.3) is 0 Å². The average molecular weight is 362 g/mol. The Morgan fingerprint density at radius 3 is 2.30 bits per heavy atom. The summed E-state index contributed by atoms with van der Waals surface area (Å²) in [5.74, 6) is 0.580. The zero-order valence-electron chi connectivity index (χ0n) is 12.6. The van der Waals surface area contributed by atoms with Crippen LogP contribution in [0, 0.1) is 5.92 Å². The maximum Gasteiger partial charge on any atom is 0.241 e. The molecular weight excluding hydrogens is 338 g/mol. The van der Waals surface area contributed by atoms with Gasteiger partial charge in [0.1, 0.15) is 0 Å². The van der Waals surface area contributed by atoms with E-state index in [-0.39, 0.29) is 10.9 Å². The van der Waals surface area contributed by atoms with E-state index in [0.29, 0.717) is 17.2 Å². The number of sulfonamides is 1. The molecule has 0 saturated heterocycles. The summed E-state index contributed by atoms with van der Waals surface area (Å²) < 4.78 is 27.3. The lowest BCUT2D eigenvalue weighted by atomic mass is 10.0. The van der Waals surface area contributed by atoms with Gasteiger partial charge in [0.2, 0.25) is 10.0 Å². The smallest absolute Gasteiger partial charge is 0.209 e. The number of nitrogens with one attached hydrogen (secondary N) is 1. The van der Waals surface area contributed by atoms with Crippen LogP contribution < -0.4 is 4.72 Å². The molecule has 0 amide bonds. The molecule has 0 radical (unpaired) electrons. The molecule has 1 aromatic rings. The van der Waals surface area contributed by atoms with Crippen LogP contribution in [0.1, 0.15) is 39.7 Å². The van der Waals surface area contributed by atoms with Crippen LogP contribution in [-0.4, -0.2) is 19.3 Å². The molecule has 1 rings (SSSR count). The summed E-state index contributed by atoms with van der Waals surface area (Å²) in [5.41, 5.74) is 0.864. The minimum Gasteiger partial charge on any atom is -0.209 e. The fourth-order valence-corrected chi connectivity index (χ4v) is 4.74. The van der Waals surface area contributed by atoms with Crippen LogP contribution in [0.2, 0.25) is 0 Å². The first kappa shape index (κ1) is 17.7. The van der Waals surface area contributed by atoms with Crippen molar-refractivity contribution < 1.29 is 8.42 Å². The summed E-state index contributed by atoms with van der Waals surface area (Å²) in [5, 5.41) is 0. The number of rotatable bonds is 7. The molecule has 0 aliphatic rings. The van der Waals surface area contributed by atoms with E-state index in [1.165, 1.54) is 0 Å². The highest BCUT2D eigenvalue weighted by Gasteiger charge is 2.20. The summed E-state index contributed by atoms with van der Waals surface area (Å²) in [6.07, 6.45) is 1.74. The van der Waals surface area contributed by atoms with Gasteiger partial charge in [-0.05, 0) is 44.2 Å². The van der Waals surface area contributed by atoms with Gasteiger partial charge in [-0.3, -0.25) is 0 Å². The number of hydrogen-bond acceptors (Lipinski definition) is 2. The van der Waals surface area contributed by atoms with Crippen LogP contribution >= 0.6 is 15.9 Å². The molecule has 3 nitrogen and oxygen atoms in total. The Morgan fingerprint density at radius 2 is 1.75 bits per heavy atom. The fourth-order valence-electron chi connectivity index (χ4n) is 2.14. The topological polar surface area (TPSA) is 46.2 Å². The normalized spacial score (nSPS) is 13.9. The highest BCUT2D eigenvalue weighted by molar-refractivity contribution is 9.09. The first-order valence-corrected chi connectivity index (χ1v) is 9.36. The molecule has 5 heteroatoms. The van der Waals surface area contributed by atoms with Gasteiger partial charge in [-0.25, -0.2) is 13.1 Å². The van der Waals surface area contributed by atoms with Crippen LogP contribution in [0.3, 0.4) is 0 Å². The van der Waals surface area contributed by atoms with E-state index in [1.807, 2.05) is 26.0 Å². The largest absolute Gasteiger partial charge is 0.241 e. The van der Waals surface area contributed by atoms with E-state index in [1.54, 1.807) is 12.1 Å². The zero-order valence-corrected chi connectivity index (χ0v) is 15.0. The minimum absolute atomic E-state index is 0.108. The van der Waals surface area contributed by atoms with Crippen molar-refractivity contribution in [3.8, 4) is 0 Å². The number of benzene rings is 1. The third-order valence-electron chi connectivity index (χ3n) is 2.82. The quantitative estimate of drug-likeness (QED) is 0.752. The Morgan fingerprint density at radius 1 is 1.15 bits per heavy atom. The molecule has 1 unspecified atom stereocenters. The standard InChI is InChI=1S/C15H24BrNO2S/c1-11(2)9-14(16)10-13-7-5-6-8-15(13)20(18,19)17-12(3)4/h5-8,11-12,14,17H,9-10H2,1-4H3. The third-order valence-corrected chi connectivity index (χ3v) is 5.28. The monoisotopic (exact) mass is 361 g/mol. The average Bonchev–Trinajstić information content (AvgIpc) is 2.26. The molecule has 114 valence electrons. The molecule has 0 aromatic heterocycles. The van der Waals surface area contributed by atoms with Gasteiger partial charge in [-0.1, -0.05) is 48.0 Å². The van der Waals surface area contributed by atoms with Gasteiger partial charge < -0.3 is 0 Å². The maximum absolute atomic E-state index is 12.3. The number of halogens is 1. The summed E-state index contributed by atoms with van der Waals surface area (Å²) in [4.78, 5) is 0.680. The van der Waals surface area contributed by atoms with Crippen molar-refractivity contribution in [2.24, 2.45) is 5.92 Å². The van der Waals surface area contributed by atoms with Crippen molar-refractivity contribution >= 4 is 26.0 Å². The van der Waals surface area contributed by atoms with Crippen molar-refractivity contribution in [2.75, 3.05) is 0 Å². The molecule has 0 saturated carbocycles. The first-order valence-electron chi connectivity index (χ1n) is 6.96. The van der Waals surface area contributed by atoms with Crippen LogP contribution in [-0.2, 0) is 16.4 Å². The van der Waals surface area contributed by atoms with Crippen molar-refractivity contribution in [1.82, 2.24) is 4.72 Å². The Hall–Kier alpha value is -0.390. The van der Waals surface area contributed by atoms with Gasteiger partial charge in [-0.15, -0.1) is 0 Å². The van der Waals surface area contributed by atoms with Crippen LogP contribution in [0.4, 0.5) is 0 Å². The van der Waals surface area contributed by atoms with Gasteiger partial charge >= 0.3 is 0 Å². The summed E-state index contributed by atoms with van der Waals surface area (Å²) in [6, 6.07) is 7.12. The van der Waals surface area contributed by atoms with E-state index in [0.717, 1.165) is 12.0 Å². The predicted molar refractivity (Wildman–Crippen MR) is 87.8 cm³/mol. The number of alkyl halides is 1. The van der Waals surface area contributed by atoms with Crippen molar-refractivity contribution in [1.29, 1.82) is 0 Å². The van der Waals surface area contributed by atoms with E-state index >= 15 is 0 Å². The lowest BCUT2D eigenvalue weighted by Crippen LogP contribution is -2.31. The maximum atomic E-state index is 12.3. The van der Waals surface area contributed by atoms with Gasteiger partial charge in [0, 0.05) is 10.9 Å². The highest BCUT2D eigenvalue weighted by atomic mass is 79.9. The van der Waals surface area contributed by atoms with Crippen molar-refractivity contribution in [2.45, 2.75) is 56.3 Å². The second kappa shape index (κ2) is 7.57. The molecule has 0 bridgehead atoms. The molecule has 0 aliphatic heterocycles. The second-order valence-corrected chi connectivity index (χ2v) is 8.79. The van der Waals surface area contributed by atoms with Crippen LogP contribution in [0.5, 0.6) is 0 Å². The van der Waals surface area contributed by atoms with Crippen molar-refractivity contribution in [3.63, 3.8) is 0 Å². The zero-order chi connectivity index (χ0) is 15.3. The van der Waals surface area contributed by atoms with Gasteiger partial charge in [0.05, 0.1) is 4.90 Å². The summed E-state index contributed by atoms with van der Waals surface area (Å²) in [6.45, 7) is 7.98. The van der Waals surface area contributed by atoms with Gasteiger partial charge in [-0.2, -0.15) is 0 Å². The predicted octanol–water partition coefficient (Wildman–Crippen LogP) is 3.73. The molecule has 0 heterocycles. The molecule has 0 aliphatic carbocycles. The molecule has 1 N–H and O–H groups in total. The molecular formula is C15H24BrNO2S. The molecule has 20 heavy (non-hydrogen) atoms. The SMILES string of the molecule is CC(C)CC(Br)Cc1ccccc1S(=O)(=O)NC(C)C. The Labute approximate surface area is 131 Å². The minimum atomic E-state index is -3.44. The van der Waals surface area contributed by atoms with E-state index in [2.05, 4.69) is 34.5 Å². The lowest BCUT2D eigenvalue weighted by molar-refractivity contribution is 0.561. The fraction of sp³-hybridized carbons (Fsp3) is 0.600. The Balaban J connectivity index is 2.99. The lowest BCUT2D eigenvalue weighted by Gasteiger charge is -2.16. The highest BCUT2D eigenvalue weighted by Crippen LogP contribution is 2.23. The third kappa shape index (κ3) is 5.54. The summed E-state index contributed by atoms with van der Waals surface area (Å²) in [7, 11) is -3.44. The Kier molecular flexibility index (Phi) is 6.69. The van der Waals surface area contributed by atoms with Gasteiger partial charge in [0.25, 0.3) is 0 Å². The van der Waals surface area contributed by atoms with E-state index < -0.39 is 10.0 Å². The number of hydrogen-bond donors (Lipinski definition) is 1. The summed E-state index contributed by atoms with van der Waals surface area (Å²) >= 11 is 3.65. The van der Waals surface area contributed by atoms with Crippen molar-refractivity contribution in [3.05, 3.63) is 29.8 Å². The molecule has 1 atom stereocenters. The van der Waals surface area contributed by atoms with E-state index in [4.69, 9.17) is 0 Å². The second-order valence-electron chi connectivity index (χ2n) is 5.81. The Bertz CT molecular complexity index is 526. The van der Waals surface area contributed by atoms with Gasteiger partial charge in [0.15, 0.2) is 0 Å². The van der Waals surface area contributed by atoms with Crippen LogP contribution in [0.15, 0.2) is 29.2 Å².